The average molecular weight is 724 g/mol. The quantitative estimate of drug-likeness (QED) is 0.161. The summed E-state index contributed by atoms with van der Waals surface area (Å²) in [5, 5.41) is 4.09. The molecule has 7 rings (SSSR count). The predicted octanol–water partition coefficient (Wildman–Crippen LogP) is 7.88. The average Bonchev–Trinajstić information content (AvgIpc) is 3.56. The number of nitrogens with zero attached hydrogens (tertiary/aromatic N) is 4. The van der Waals surface area contributed by atoms with E-state index < -0.39 is 6.04 Å². The third-order valence-electron chi connectivity index (χ3n) is 9.63. The van der Waals surface area contributed by atoms with E-state index in [-0.39, 0.29) is 11.5 Å². The van der Waals surface area contributed by atoms with E-state index in [0.29, 0.717) is 56.0 Å². The van der Waals surface area contributed by atoms with Gasteiger partial charge >= 0.3 is 0 Å². The standard InChI is InChI=1S/C40H36Cl2N4O3S/c1-6-44(7-2)39(48)35-23(3)43-40-46(37(35)36-28-13-9-8-12-25(28)17-19-33(36)49-5)38(47)34(50-40)21-30-24(4)45(32-15-11-10-14-29(30)32)22-26-16-18-27(41)20-31(26)42/h8-21,37H,6-7,22H2,1-5H3/b34-21+/t37-/m0/s1. The molecular formula is C40H36Cl2N4O3S. The van der Waals surface area contributed by atoms with Gasteiger partial charge < -0.3 is 14.2 Å². The number of carbonyl (C=O) groups is 1. The maximum atomic E-state index is 14.8. The smallest absolute Gasteiger partial charge is 0.271 e. The van der Waals surface area contributed by atoms with E-state index in [9.17, 15) is 9.59 Å². The molecule has 0 unspecified atom stereocenters. The molecule has 6 aromatic rings. The summed E-state index contributed by atoms with van der Waals surface area (Å²) in [6.45, 7) is 9.42. The van der Waals surface area contributed by atoms with Crippen LogP contribution in [0.5, 0.6) is 5.75 Å². The fraction of sp³-hybridized carbons (Fsp3) is 0.225. The van der Waals surface area contributed by atoms with E-state index in [1.54, 1.807) is 22.6 Å². The molecule has 0 saturated heterocycles. The zero-order chi connectivity index (χ0) is 35.3. The third-order valence-corrected chi connectivity index (χ3v) is 11.2. The molecule has 1 aliphatic heterocycles. The van der Waals surface area contributed by atoms with Crippen LogP contribution in [-0.2, 0) is 11.3 Å². The molecule has 4 aromatic carbocycles. The number of hydrogen-bond acceptors (Lipinski definition) is 5. The highest BCUT2D eigenvalue weighted by Gasteiger charge is 2.36. The van der Waals surface area contributed by atoms with E-state index in [1.165, 1.54) is 11.3 Å². The number of carbonyl (C=O) groups excluding carboxylic acids is 1. The van der Waals surface area contributed by atoms with Crippen molar-refractivity contribution in [1.82, 2.24) is 14.0 Å². The number of rotatable bonds is 8. The number of amides is 1. The van der Waals surface area contributed by atoms with Gasteiger partial charge in [0.2, 0.25) is 0 Å². The minimum atomic E-state index is -0.753. The Morgan fingerprint density at radius 2 is 1.70 bits per heavy atom. The summed E-state index contributed by atoms with van der Waals surface area (Å²) in [5.74, 6) is 0.452. The Morgan fingerprint density at radius 1 is 0.980 bits per heavy atom. The van der Waals surface area contributed by atoms with Crippen molar-refractivity contribution in [2.45, 2.75) is 40.3 Å². The van der Waals surface area contributed by atoms with E-state index in [1.807, 2.05) is 87.5 Å². The first kappa shape index (κ1) is 33.8. The number of ether oxygens (including phenoxy) is 1. The molecule has 0 spiro atoms. The van der Waals surface area contributed by atoms with Gasteiger partial charge in [0, 0.05) is 57.4 Å². The van der Waals surface area contributed by atoms with E-state index in [0.717, 1.165) is 44.1 Å². The minimum absolute atomic E-state index is 0.148. The number of aromatic nitrogens is 2. The third kappa shape index (κ3) is 5.65. The second-order valence-electron chi connectivity index (χ2n) is 12.3. The normalized spacial score (nSPS) is 14.7. The van der Waals surface area contributed by atoms with Crippen LogP contribution in [0.1, 0.15) is 49.2 Å². The molecular weight excluding hydrogens is 687 g/mol. The Labute approximate surface area is 304 Å². The van der Waals surface area contributed by atoms with Gasteiger partial charge in [-0.1, -0.05) is 89.1 Å². The summed E-state index contributed by atoms with van der Waals surface area (Å²) in [5.41, 5.74) is 5.48. The number of para-hydroxylation sites is 1. The molecule has 1 atom stereocenters. The Hall–Kier alpha value is -4.63. The number of fused-ring (bicyclic) bond motifs is 3. The summed E-state index contributed by atoms with van der Waals surface area (Å²) < 4.78 is 10.4. The lowest BCUT2D eigenvalue weighted by Crippen LogP contribution is -2.43. The Morgan fingerprint density at radius 3 is 2.42 bits per heavy atom. The number of thiazole rings is 1. The summed E-state index contributed by atoms with van der Waals surface area (Å²) in [7, 11) is 1.62. The van der Waals surface area contributed by atoms with Crippen LogP contribution in [0.2, 0.25) is 10.0 Å². The lowest BCUT2D eigenvalue weighted by atomic mass is 9.90. The molecule has 0 aliphatic carbocycles. The van der Waals surface area contributed by atoms with Crippen molar-refractivity contribution in [3.8, 4) is 5.75 Å². The van der Waals surface area contributed by atoms with Gasteiger partial charge in [0.15, 0.2) is 4.80 Å². The summed E-state index contributed by atoms with van der Waals surface area (Å²) in [6.07, 6.45) is 1.96. The van der Waals surface area contributed by atoms with Gasteiger partial charge in [-0.2, -0.15) is 0 Å². The molecule has 10 heteroatoms. The zero-order valence-electron chi connectivity index (χ0n) is 28.5. The molecule has 0 N–H and O–H groups in total. The lowest BCUT2D eigenvalue weighted by Gasteiger charge is -2.30. The number of hydrogen-bond donors (Lipinski definition) is 0. The molecule has 254 valence electrons. The van der Waals surface area contributed by atoms with Crippen LogP contribution in [0, 0.1) is 6.92 Å². The van der Waals surface area contributed by atoms with Crippen LogP contribution in [-0.4, -0.2) is 40.1 Å². The van der Waals surface area contributed by atoms with Gasteiger partial charge in [0.25, 0.3) is 11.5 Å². The maximum absolute atomic E-state index is 14.8. The fourth-order valence-electron chi connectivity index (χ4n) is 7.08. The highest BCUT2D eigenvalue weighted by atomic mass is 35.5. The molecule has 1 aliphatic rings. The van der Waals surface area contributed by atoms with Gasteiger partial charge in [0.1, 0.15) is 11.8 Å². The first-order valence-electron chi connectivity index (χ1n) is 16.6. The summed E-state index contributed by atoms with van der Waals surface area (Å²) in [4.78, 5) is 36.4. The first-order valence-corrected chi connectivity index (χ1v) is 18.1. The Balaban J connectivity index is 1.48. The highest BCUT2D eigenvalue weighted by molar-refractivity contribution is 7.07. The van der Waals surface area contributed by atoms with Crippen molar-refractivity contribution in [2.75, 3.05) is 20.2 Å². The monoisotopic (exact) mass is 722 g/mol. The Kier molecular flexibility index (Phi) is 9.20. The van der Waals surface area contributed by atoms with Crippen molar-refractivity contribution in [1.29, 1.82) is 0 Å². The molecule has 0 saturated carbocycles. The van der Waals surface area contributed by atoms with Gasteiger partial charge in [-0.3, -0.25) is 14.2 Å². The second-order valence-corrected chi connectivity index (χ2v) is 14.2. The second kappa shape index (κ2) is 13.6. The zero-order valence-corrected chi connectivity index (χ0v) is 30.8. The molecule has 2 aromatic heterocycles. The molecule has 0 fully saturated rings. The molecule has 1 amide bonds. The van der Waals surface area contributed by atoms with Gasteiger partial charge in [0.05, 0.1) is 22.9 Å². The van der Waals surface area contributed by atoms with Crippen LogP contribution < -0.4 is 19.6 Å². The first-order chi connectivity index (χ1) is 24.2. The predicted molar refractivity (Wildman–Crippen MR) is 204 cm³/mol. The van der Waals surface area contributed by atoms with Gasteiger partial charge in [-0.05, 0) is 74.4 Å². The SMILES string of the molecule is CCN(CC)C(=O)C1=C(C)N=c2s/c(=C/c3c(C)n(Cc4ccc(Cl)cc4Cl)c4ccccc34)c(=O)n2[C@@H]1c1c(OC)ccc2ccccc12. The largest absolute Gasteiger partial charge is 0.496 e. The fourth-order valence-corrected chi connectivity index (χ4v) is 8.58. The maximum Gasteiger partial charge on any atom is 0.271 e. The number of likely N-dealkylation sites (N-methyl/N-ethyl adjacent to an activating group) is 1. The molecule has 50 heavy (non-hydrogen) atoms. The van der Waals surface area contributed by atoms with Crippen molar-refractivity contribution in [3.63, 3.8) is 0 Å². The lowest BCUT2D eigenvalue weighted by molar-refractivity contribution is -0.127. The topological polar surface area (TPSA) is 68.8 Å². The number of methoxy groups -OCH3 is 1. The number of benzene rings is 4. The van der Waals surface area contributed by atoms with E-state index in [2.05, 4.69) is 23.6 Å². The van der Waals surface area contributed by atoms with Gasteiger partial charge in [-0.25, -0.2) is 4.99 Å². The Bertz CT molecular complexity index is 2540. The van der Waals surface area contributed by atoms with Crippen LogP contribution in [0.25, 0.3) is 27.8 Å². The van der Waals surface area contributed by atoms with Crippen molar-refractivity contribution >= 4 is 68.2 Å². The minimum Gasteiger partial charge on any atom is -0.496 e. The van der Waals surface area contributed by atoms with E-state index in [4.69, 9.17) is 32.9 Å². The van der Waals surface area contributed by atoms with Crippen molar-refractivity contribution < 1.29 is 9.53 Å². The molecule has 0 radical (unpaired) electrons. The van der Waals surface area contributed by atoms with Crippen molar-refractivity contribution in [2.24, 2.45) is 4.99 Å². The van der Waals surface area contributed by atoms with E-state index >= 15 is 0 Å². The number of allylic oxidation sites excluding steroid dienone is 1. The van der Waals surface area contributed by atoms with Crippen LogP contribution in [0.15, 0.2) is 99.9 Å². The van der Waals surface area contributed by atoms with Crippen LogP contribution >= 0.6 is 34.5 Å². The molecule has 0 bridgehead atoms. The van der Waals surface area contributed by atoms with Crippen LogP contribution in [0.4, 0.5) is 0 Å². The molecule has 7 nitrogen and oxygen atoms in total. The summed E-state index contributed by atoms with van der Waals surface area (Å²) >= 11 is 14.1. The van der Waals surface area contributed by atoms with Crippen LogP contribution in [0.3, 0.4) is 0 Å². The number of halogens is 2. The highest BCUT2D eigenvalue weighted by Crippen LogP contribution is 2.40. The van der Waals surface area contributed by atoms with Crippen molar-refractivity contribution in [3.05, 3.63) is 142 Å². The van der Waals surface area contributed by atoms with Gasteiger partial charge in [-0.15, -0.1) is 0 Å². The summed E-state index contributed by atoms with van der Waals surface area (Å²) in [6, 6.07) is 24.8. The molecule has 3 heterocycles.